The molecule has 1 aromatic heterocycles. The van der Waals surface area contributed by atoms with Crippen LogP contribution in [0.25, 0.3) is 0 Å². The van der Waals surface area contributed by atoms with E-state index in [0.29, 0.717) is 24.5 Å². The molecule has 1 unspecified atom stereocenters. The molecule has 1 heterocycles. The van der Waals surface area contributed by atoms with Crippen molar-refractivity contribution in [1.82, 2.24) is 0 Å². The summed E-state index contributed by atoms with van der Waals surface area (Å²) in [6.45, 7) is 1.17. The van der Waals surface area contributed by atoms with E-state index in [2.05, 4.69) is 0 Å². The van der Waals surface area contributed by atoms with E-state index >= 15 is 0 Å². The molecule has 2 aromatic rings. The number of carbonyl (C=O) groups is 1. The van der Waals surface area contributed by atoms with Gasteiger partial charge in [0.15, 0.2) is 5.78 Å². The van der Waals surface area contributed by atoms with Gasteiger partial charge in [-0.1, -0.05) is 35.9 Å². The summed E-state index contributed by atoms with van der Waals surface area (Å²) in [6, 6.07) is 11.0. The van der Waals surface area contributed by atoms with Crippen molar-refractivity contribution in [2.24, 2.45) is 0 Å². The number of rotatable bonds is 7. The van der Waals surface area contributed by atoms with E-state index in [4.69, 9.17) is 11.6 Å². The van der Waals surface area contributed by atoms with Crippen LogP contribution in [0.5, 0.6) is 0 Å². The van der Waals surface area contributed by atoms with Crippen molar-refractivity contribution in [2.75, 3.05) is 13.1 Å². The Kier molecular flexibility index (Phi) is 7.93. The third kappa shape index (κ3) is 5.41. The van der Waals surface area contributed by atoms with Crippen molar-refractivity contribution in [2.45, 2.75) is 12.5 Å². The molecule has 3 N–H and O–H groups in total. The predicted octanol–water partition coefficient (Wildman–Crippen LogP) is -0.725. The van der Waals surface area contributed by atoms with Crippen molar-refractivity contribution in [1.29, 1.82) is 0 Å². The number of hydrogen-bond donors (Lipinski definition) is 2. The van der Waals surface area contributed by atoms with E-state index in [-0.39, 0.29) is 18.2 Å². The maximum absolute atomic E-state index is 11.8. The van der Waals surface area contributed by atoms with Crippen molar-refractivity contribution < 1.29 is 27.6 Å². The summed E-state index contributed by atoms with van der Waals surface area (Å²) in [5.41, 5.74) is 0.731. The molecule has 1 aromatic carbocycles. The largest absolute Gasteiger partial charge is 1.00 e. The number of aliphatic hydroxyl groups excluding tert-OH is 1. The Labute approximate surface area is 139 Å². The third-order valence-corrected chi connectivity index (χ3v) is 4.28. The maximum atomic E-state index is 11.8. The van der Waals surface area contributed by atoms with E-state index in [1.54, 1.807) is 6.07 Å². The topological polar surface area (TPSA) is 53.9 Å². The molecule has 0 radical (unpaired) electrons. The van der Waals surface area contributed by atoms with E-state index in [1.807, 2.05) is 41.0 Å². The number of nitrogens with two attached hydrogens (primary N) is 1. The van der Waals surface area contributed by atoms with Gasteiger partial charge in [0.05, 0.1) is 17.8 Å². The molecule has 0 spiro atoms. The lowest BCUT2D eigenvalue weighted by molar-refractivity contribution is -0.660. The Bertz CT molecular complexity index is 561. The highest BCUT2D eigenvalue weighted by molar-refractivity contribution is 7.12. The minimum absolute atomic E-state index is 0. The second-order valence-electron chi connectivity index (χ2n) is 4.50. The lowest BCUT2D eigenvalue weighted by Crippen LogP contribution is -3.00. The molecule has 0 bridgehead atoms. The van der Waals surface area contributed by atoms with Crippen LogP contribution in [-0.2, 0) is 0 Å². The fraction of sp³-hybridized carbons (Fsp3) is 0.267. The minimum Gasteiger partial charge on any atom is -1.00 e. The van der Waals surface area contributed by atoms with Gasteiger partial charge in [-0.3, -0.25) is 4.79 Å². The Morgan fingerprint density at radius 2 is 2.05 bits per heavy atom. The van der Waals surface area contributed by atoms with Crippen LogP contribution in [0.4, 0.5) is 0 Å². The summed E-state index contributed by atoms with van der Waals surface area (Å²) >= 11 is 7.49. The highest BCUT2D eigenvalue weighted by Crippen LogP contribution is 2.21. The number of ketones is 1. The van der Waals surface area contributed by atoms with Crippen molar-refractivity contribution in [3.05, 3.63) is 57.2 Å². The standard InChI is InChI=1S/C15H16ClNO2S.ClH/c16-12-5-2-1-4-11(12)14(19)10-17-8-7-13(18)15-6-3-9-20-15;/h1-6,9,14,17,19H,7-8,10H2;1H. The normalized spacial score (nSPS) is 11.7. The molecule has 0 saturated carbocycles. The molecule has 0 aliphatic heterocycles. The molecular weight excluding hydrogens is 329 g/mol. The molecule has 114 valence electrons. The highest BCUT2D eigenvalue weighted by Gasteiger charge is 2.13. The second kappa shape index (κ2) is 9.18. The molecule has 2 rings (SSSR count). The van der Waals surface area contributed by atoms with Crippen molar-refractivity contribution >= 4 is 28.7 Å². The Morgan fingerprint density at radius 3 is 2.71 bits per heavy atom. The first kappa shape index (κ1) is 18.1. The molecule has 0 aliphatic carbocycles. The van der Waals surface area contributed by atoms with Gasteiger partial charge in [-0.15, -0.1) is 11.3 Å². The lowest BCUT2D eigenvalue weighted by atomic mass is 10.1. The molecule has 6 heteroatoms. The zero-order valence-electron chi connectivity index (χ0n) is 11.3. The lowest BCUT2D eigenvalue weighted by Gasteiger charge is -2.11. The van der Waals surface area contributed by atoms with Crippen LogP contribution in [0.1, 0.15) is 27.8 Å². The summed E-state index contributed by atoms with van der Waals surface area (Å²) in [6.07, 6.45) is -0.129. The highest BCUT2D eigenvalue weighted by atomic mass is 35.5. The number of hydrogen-bond acceptors (Lipinski definition) is 3. The van der Waals surface area contributed by atoms with Crippen LogP contribution in [0, 0.1) is 0 Å². The van der Waals surface area contributed by atoms with E-state index in [1.165, 1.54) is 11.3 Å². The summed E-state index contributed by atoms with van der Waals surface area (Å²) in [7, 11) is 0. The van der Waals surface area contributed by atoms with Gasteiger partial charge in [0.1, 0.15) is 12.6 Å². The summed E-state index contributed by atoms with van der Waals surface area (Å²) < 4.78 is 0. The molecule has 0 aliphatic rings. The number of thiophene rings is 1. The predicted molar refractivity (Wildman–Crippen MR) is 81.3 cm³/mol. The van der Waals surface area contributed by atoms with Gasteiger partial charge in [0, 0.05) is 10.6 Å². The SMILES string of the molecule is O=C(CC[NH2+]CC(O)c1ccccc1Cl)c1cccs1.[Cl-]. The molecule has 0 fully saturated rings. The van der Waals surface area contributed by atoms with Crippen molar-refractivity contribution in [3.8, 4) is 0 Å². The van der Waals surface area contributed by atoms with Gasteiger partial charge in [0.25, 0.3) is 0 Å². The minimum atomic E-state index is -0.611. The third-order valence-electron chi connectivity index (χ3n) is 3.03. The first-order valence-corrected chi connectivity index (χ1v) is 7.75. The van der Waals surface area contributed by atoms with Crippen molar-refractivity contribution in [3.63, 3.8) is 0 Å². The quantitative estimate of drug-likeness (QED) is 0.513. The molecule has 0 amide bonds. The second-order valence-corrected chi connectivity index (χ2v) is 5.86. The van der Waals surface area contributed by atoms with Gasteiger partial charge < -0.3 is 22.8 Å². The van der Waals surface area contributed by atoms with Gasteiger partial charge in [-0.2, -0.15) is 0 Å². The maximum Gasteiger partial charge on any atom is 0.178 e. The van der Waals surface area contributed by atoms with E-state index < -0.39 is 6.10 Å². The smallest absolute Gasteiger partial charge is 0.178 e. The number of halogens is 2. The Hall–Kier alpha value is -0.910. The fourth-order valence-corrected chi connectivity index (χ4v) is 2.90. The molecule has 1 atom stereocenters. The van der Waals surface area contributed by atoms with Crippen LogP contribution >= 0.6 is 22.9 Å². The van der Waals surface area contributed by atoms with Crippen LogP contribution in [0.3, 0.4) is 0 Å². The molecule has 21 heavy (non-hydrogen) atoms. The van der Waals surface area contributed by atoms with E-state index in [9.17, 15) is 9.90 Å². The Morgan fingerprint density at radius 1 is 1.29 bits per heavy atom. The first-order valence-electron chi connectivity index (χ1n) is 6.49. The molecule has 0 saturated heterocycles. The van der Waals surface area contributed by atoms with E-state index in [0.717, 1.165) is 10.4 Å². The first-order chi connectivity index (χ1) is 9.68. The number of benzene rings is 1. The average Bonchev–Trinajstić information content (AvgIpc) is 2.98. The number of Topliss-reactive ketones (excluding diaryl/α,β-unsaturated/α-hetero) is 1. The fourth-order valence-electron chi connectivity index (χ4n) is 1.94. The van der Waals surface area contributed by atoms with Crippen LogP contribution in [0.15, 0.2) is 41.8 Å². The van der Waals surface area contributed by atoms with Crippen LogP contribution < -0.4 is 17.7 Å². The zero-order valence-corrected chi connectivity index (χ0v) is 13.7. The van der Waals surface area contributed by atoms with Gasteiger partial charge in [-0.05, 0) is 17.5 Å². The average molecular weight is 346 g/mol. The zero-order chi connectivity index (χ0) is 14.4. The van der Waals surface area contributed by atoms with Gasteiger partial charge >= 0.3 is 0 Å². The van der Waals surface area contributed by atoms with Crippen LogP contribution in [-0.4, -0.2) is 24.0 Å². The number of aliphatic hydroxyl groups is 1. The number of carbonyl (C=O) groups excluding carboxylic acids is 1. The van der Waals surface area contributed by atoms with Gasteiger partial charge in [0.2, 0.25) is 0 Å². The summed E-state index contributed by atoms with van der Waals surface area (Å²) in [5, 5.41) is 14.5. The molecular formula is C15H17Cl2NO2S. The Balaban J connectivity index is 0.00000220. The molecule has 3 nitrogen and oxygen atoms in total. The van der Waals surface area contributed by atoms with Crippen LogP contribution in [0.2, 0.25) is 5.02 Å². The number of quaternary nitrogens is 1. The monoisotopic (exact) mass is 345 g/mol. The van der Waals surface area contributed by atoms with Gasteiger partial charge in [-0.25, -0.2) is 0 Å². The summed E-state index contributed by atoms with van der Waals surface area (Å²) in [4.78, 5) is 12.6. The summed E-state index contributed by atoms with van der Waals surface area (Å²) in [5.74, 6) is 0.156.